The number of amides is 1. The first-order valence-electron chi connectivity index (χ1n) is 6.53. The Bertz CT molecular complexity index is 596. The van der Waals surface area contributed by atoms with Crippen LogP contribution in [0.25, 0.3) is 0 Å². The maximum absolute atomic E-state index is 12.6. The quantitative estimate of drug-likeness (QED) is 0.778. The molecule has 0 radical (unpaired) electrons. The summed E-state index contributed by atoms with van der Waals surface area (Å²) >= 11 is 0. The van der Waals surface area contributed by atoms with Crippen LogP contribution in [0.2, 0.25) is 0 Å². The maximum atomic E-state index is 12.6. The van der Waals surface area contributed by atoms with Gasteiger partial charge in [-0.15, -0.1) is 0 Å². The molecule has 1 aromatic rings. The summed E-state index contributed by atoms with van der Waals surface area (Å²) in [4.78, 5) is 22.9. The third-order valence-corrected chi connectivity index (χ3v) is 3.65. The van der Waals surface area contributed by atoms with Gasteiger partial charge in [-0.2, -0.15) is 13.2 Å². The van der Waals surface area contributed by atoms with E-state index in [9.17, 15) is 27.9 Å². The van der Waals surface area contributed by atoms with E-state index in [4.69, 9.17) is 5.11 Å². The van der Waals surface area contributed by atoms with E-state index in [-0.39, 0.29) is 12.1 Å². The number of hydrogen-bond donors (Lipinski definition) is 3. The molecule has 22 heavy (non-hydrogen) atoms. The molecule has 0 aromatic heterocycles. The fourth-order valence-electron chi connectivity index (χ4n) is 2.14. The Labute approximate surface area is 123 Å². The average Bonchev–Trinajstić information content (AvgIpc) is 3.18. The minimum absolute atomic E-state index is 0.182. The lowest BCUT2D eigenvalue weighted by Crippen LogP contribution is -2.25. The zero-order chi connectivity index (χ0) is 16.5. The van der Waals surface area contributed by atoms with E-state index in [2.05, 4.69) is 5.32 Å². The minimum Gasteiger partial charge on any atom is -0.481 e. The number of carbonyl (C=O) groups is 2. The van der Waals surface area contributed by atoms with Crippen molar-refractivity contribution in [3.8, 4) is 0 Å². The van der Waals surface area contributed by atoms with Crippen molar-refractivity contribution in [1.82, 2.24) is 0 Å². The summed E-state index contributed by atoms with van der Waals surface area (Å²) in [6.45, 7) is 0. The summed E-state index contributed by atoms with van der Waals surface area (Å²) in [5.41, 5.74) is -1.77. The molecule has 0 heterocycles. The molecule has 5 nitrogen and oxygen atoms in total. The first-order valence-corrected chi connectivity index (χ1v) is 6.53. The topological polar surface area (TPSA) is 86.6 Å². The number of benzene rings is 1. The molecular weight excluding hydrogens is 303 g/mol. The number of aliphatic hydroxyl groups excluding tert-OH is 1. The molecule has 2 rings (SSSR count). The molecule has 0 spiro atoms. The van der Waals surface area contributed by atoms with Crippen LogP contribution in [-0.2, 0) is 9.59 Å². The molecule has 120 valence electrons. The molecule has 1 aliphatic rings. The van der Waals surface area contributed by atoms with Crippen LogP contribution in [0, 0.1) is 5.41 Å². The molecule has 1 aliphatic carbocycles. The first kappa shape index (κ1) is 16.3. The Morgan fingerprint density at radius 1 is 1.27 bits per heavy atom. The summed E-state index contributed by atoms with van der Waals surface area (Å²) in [5.74, 6) is -1.78. The number of para-hydroxylation sites is 1. The third kappa shape index (κ3) is 3.38. The van der Waals surface area contributed by atoms with Gasteiger partial charge in [0, 0.05) is 17.7 Å². The fourth-order valence-corrected chi connectivity index (χ4v) is 2.14. The highest BCUT2D eigenvalue weighted by Gasteiger charge is 2.51. The summed E-state index contributed by atoms with van der Waals surface area (Å²) in [6, 6.07) is 4.99. The number of anilines is 1. The van der Waals surface area contributed by atoms with Gasteiger partial charge >= 0.3 is 12.1 Å². The van der Waals surface area contributed by atoms with Gasteiger partial charge < -0.3 is 15.5 Å². The van der Waals surface area contributed by atoms with Gasteiger partial charge in [0.1, 0.15) is 0 Å². The van der Waals surface area contributed by atoms with Crippen molar-refractivity contribution in [3.05, 3.63) is 29.8 Å². The molecule has 3 N–H and O–H groups in total. The van der Waals surface area contributed by atoms with Crippen molar-refractivity contribution in [2.45, 2.75) is 31.5 Å². The molecule has 1 amide bonds. The van der Waals surface area contributed by atoms with E-state index in [1.54, 1.807) is 0 Å². The molecule has 0 bridgehead atoms. The molecule has 1 atom stereocenters. The molecule has 0 saturated heterocycles. The normalized spacial score (nSPS) is 17.6. The number of carboxylic acids is 1. The maximum Gasteiger partial charge on any atom is 0.418 e. The predicted octanol–water partition coefficient (Wildman–Crippen LogP) is 2.48. The van der Waals surface area contributed by atoms with E-state index in [1.807, 2.05) is 0 Å². The Morgan fingerprint density at radius 2 is 1.86 bits per heavy atom. The first-order chi connectivity index (χ1) is 10.2. The van der Waals surface area contributed by atoms with Crippen LogP contribution in [0.4, 0.5) is 18.9 Å². The van der Waals surface area contributed by atoms with Gasteiger partial charge in [-0.1, -0.05) is 18.2 Å². The number of hydrogen-bond acceptors (Lipinski definition) is 3. The number of rotatable bonds is 5. The number of nitrogens with one attached hydrogen (secondary N) is 1. The van der Waals surface area contributed by atoms with Crippen molar-refractivity contribution in [2.75, 3.05) is 5.32 Å². The van der Waals surface area contributed by atoms with Crippen molar-refractivity contribution in [3.63, 3.8) is 0 Å². The van der Waals surface area contributed by atoms with Crippen molar-refractivity contribution < 1.29 is 33.0 Å². The lowest BCUT2D eigenvalue weighted by Gasteiger charge is -2.19. The number of aliphatic carboxylic acids is 1. The van der Waals surface area contributed by atoms with Gasteiger partial charge in [-0.25, -0.2) is 0 Å². The van der Waals surface area contributed by atoms with Gasteiger partial charge in [-0.3, -0.25) is 9.59 Å². The molecule has 1 aromatic carbocycles. The van der Waals surface area contributed by atoms with E-state index in [0.29, 0.717) is 12.8 Å². The van der Waals surface area contributed by atoms with Gasteiger partial charge in [0.25, 0.3) is 0 Å². The number of aliphatic hydroxyl groups is 1. The van der Waals surface area contributed by atoms with Crippen molar-refractivity contribution in [1.29, 1.82) is 0 Å². The number of halogens is 3. The Balaban J connectivity index is 2.13. The van der Waals surface area contributed by atoms with Gasteiger partial charge in [0.05, 0.1) is 5.41 Å². The largest absolute Gasteiger partial charge is 0.481 e. The van der Waals surface area contributed by atoms with Crippen LogP contribution >= 0.6 is 0 Å². The minimum atomic E-state index is -4.86. The highest BCUT2D eigenvalue weighted by Crippen LogP contribution is 2.49. The van der Waals surface area contributed by atoms with Crippen LogP contribution in [0.5, 0.6) is 0 Å². The molecule has 1 saturated carbocycles. The number of carbonyl (C=O) groups excluding carboxylic acids is 1. The van der Waals surface area contributed by atoms with Gasteiger partial charge in [0.2, 0.25) is 5.91 Å². The zero-order valence-electron chi connectivity index (χ0n) is 11.4. The fraction of sp³-hybridized carbons (Fsp3) is 0.429. The third-order valence-electron chi connectivity index (χ3n) is 3.65. The smallest absolute Gasteiger partial charge is 0.418 e. The standard InChI is InChI=1S/C14H14F3NO4/c15-14(16,17)11(20)8-3-1-2-4-9(8)18-10(19)7-13(5-6-13)12(21)22/h1-4,11,20H,5-7H2,(H,18,19)(H,21,22). The predicted molar refractivity (Wildman–Crippen MR) is 70.0 cm³/mol. The molecular formula is C14H14F3NO4. The van der Waals surface area contributed by atoms with E-state index >= 15 is 0 Å². The highest BCUT2D eigenvalue weighted by molar-refractivity contribution is 5.95. The summed E-state index contributed by atoms with van der Waals surface area (Å²) in [5, 5.41) is 20.6. The van der Waals surface area contributed by atoms with E-state index in [0.717, 1.165) is 6.07 Å². The monoisotopic (exact) mass is 317 g/mol. The van der Waals surface area contributed by atoms with Crippen LogP contribution in [0.3, 0.4) is 0 Å². The SMILES string of the molecule is O=C(CC1(C(=O)O)CC1)Nc1ccccc1C(O)C(F)(F)F. The lowest BCUT2D eigenvalue weighted by atomic mass is 10.0. The molecule has 1 unspecified atom stereocenters. The Hall–Kier alpha value is -2.09. The van der Waals surface area contributed by atoms with Crippen LogP contribution in [0.15, 0.2) is 24.3 Å². The second kappa shape index (κ2) is 5.60. The van der Waals surface area contributed by atoms with E-state index < -0.39 is 35.1 Å². The second-order valence-corrected chi connectivity index (χ2v) is 5.34. The van der Waals surface area contributed by atoms with E-state index in [1.165, 1.54) is 18.2 Å². The van der Waals surface area contributed by atoms with Crippen LogP contribution in [-0.4, -0.2) is 28.3 Å². The Kier molecular flexibility index (Phi) is 4.15. The summed E-state index contributed by atoms with van der Waals surface area (Å²) < 4.78 is 37.8. The number of carboxylic acid groups (broad SMARTS) is 1. The molecule has 1 fully saturated rings. The lowest BCUT2D eigenvalue weighted by molar-refractivity contribution is -0.206. The highest BCUT2D eigenvalue weighted by atomic mass is 19.4. The summed E-state index contributed by atoms with van der Waals surface area (Å²) in [7, 11) is 0. The molecule has 0 aliphatic heterocycles. The van der Waals surface area contributed by atoms with Crippen LogP contribution < -0.4 is 5.32 Å². The van der Waals surface area contributed by atoms with Gasteiger partial charge in [0.15, 0.2) is 6.10 Å². The van der Waals surface area contributed by atoms with Crippen molar-refractivity contribution >= 4 is 17.6 Å². The van der Waals surface area contributed by atoms with Gasteiger partial charge in [-0.05, 0) is 18.9 Å². The number of alkyl halides is 3. The van der Waals surface area contributed by atoms with Crippen molar-refractivity contribution in [2.24, 2.45) is 5.41 Å². The van der Waals surface area contributed by atoms with Crippen LogP contribution in [0.1, 0.15) is 30.9 Å². The zero-order valence-corrected chi connectivity index (χ0v) is 11.4. The average molecular weight is 317 g/mol. The second-order valence-electron chi connectivity index (χ2n) is 5.34. The Morgan fingerprint density at radius 3 is 2.36 bits per heavy atom. The molecule has 8 heteroatoms. The summed E-state index contributed by atoms with van der Waals surface area (Å²) in [6.07, 6.45) is -7.16.